The molecular weight excluding hydrogens is 244 g/mol. The number of aryl methyl sites for hydroxylation is 3. The second-order valence-electron chi connectivity index (χ2n) is 5.56. The molecule has 0 amide bonds. The van der Waals surface area contributed by atoms with Crippen LogP contribution in [0.5, 0.6) is 0 Å². The summed E-state index contributed by atoms with van der Waals surface area (Å²) in [6, 6.07) is 13.3. The van der Waals surface area contributed by atoms with E-state index in [4.69, 9.17) is 5.73 Å². The molecule has 2 nitrogen and oxygen atoms in total. The van der Waals surface area contributed by atoms with Crippen molar-refractivity contribution in [1.82, 2.24) is 0 Å². The Kier molecular flexibility index (Phi) is 4.46. The van der Waals surface area contributed by atoms with Gasteiger partial charge in [-0.15, -0.1) is 0 Å². The van der Waals surface area contributed by atoms with Crippen molar-refractivity contribution in [2.24, 2.45) is 5.73 Å². The predicted molar refractivity (Wildman–Crippen MR) is 87.9 cm³/mol. The number of anilines is 2. The Morgan fingerprint density at radius 1 is 0.950 bits per heavy atom. The Balaban J connectivity index is 2.35. The summed E-state index contributed by atoms with van der Waals surface area (Å²) in [6.45, 7) is 7.14. The lowest BCUT2D eigenvalue weighted by molar-refractivity contribution is 0.965. The van der Waals surface area contributed by atoms with Gasteiger partial charge >= 0.3 is 0 Å². The van der Waals surface area contributed by atoms with Crippen LogP contribution in [-0.4, -0.2) is 13.6 Å². The molecule has 20 heavy (non-hydrogen) atoms. The van der Waals surface area contributed by atoms with Crippen LogP contribution in [0.2, 0.25) is 0 Å². The zero-order valence-corrected chi connectivity index (χ0v) is 12.9. The molecule has 0 aliphatic carbocycles. The van der Waals surface area contributed by atoms with Crippen LogP contribution in [0.15, 0.2) is 36.4 Å². The van der Waals surface area contributed by atoms with Gasteiger partial charge in [-0.3, -0.25) is 0 Å². The first-order chi connectivity index (χ1) is 9.51. The first-order valence-electron chi connectivity index (χ1n) is 7.13. The third kappa shape index (κ3) is 3.20. The zero-order chi connectivity index (χ0) is 14.7. The van der Waals surface area contributed by atoms with Crippen molar-refractivity contribution in [2.45, 2.75) is 27.2 Å². The summed E-state index contributed by atoms with van der Waals surface area (Å²) in [5.41, 5.74) is 13.3. The van der Waals surface area contributed by atoms with Crippen LogP contribution < -0.4 is 10.6 Å². The number of hydrogen-bond acceptors (Lipinski definition) is 2. The molecule has 2 rings (SSSR count). The van der Waals surface area contributed by atoms with E-state index in [9.17, 15) is 0 Å². The van der Waals surface area contributed by atoms with Crippen LogP contribution in [0.4, 0.5) is 11.4 Å². The van der Waals surface area contributed by atoms with E-state index < -0.39 is 0 Å². The fourth-order valence-electron chi connectivity index (χ4n) is 2.70. The molecule has 2 aromatic rings. The van der Waals surface area contributed by atoms with Gasteiger partial charge in [-0.2, -0.15) is 0 Å². The molecule has 0 aliphatic heterocycles. The van der Waals surface area contributed by atoms with Crippen molar-refractivity contribution in [2.75, 3.05) is 18.5 Å². The number of rotatable bonds is 4. The van der Waals surface area contributed by atoms with Crippen LogP contribution in [0.3, 0.4) is 0 Å². The highest BCUT2D eigenvalue weighted by Gasteiger charge is 2.08. The van der Waals surface area contributed by atoms with Crippen LogP contribution in [-0.2, 0) is 6.42 Å². The third-order valence-corrected chi connectivity index (χ3v) is 3.65. The highest BCUT2D eigenvalue weighted by molar-refractivity contribution is 5.67. The van der Waals surface area contributed by atoms with Crippen LogP contribution in [0.25, 0.3) is 0 Å². The molecule has 0 aliphatic rings. The smallest absolute Gasteiger partial charge is 0.0437 e. The quantitative estimate of drug-likeness (QED) is 0.911. The summed E-state index contributed by atoms with van der Waals surface area (Å²) in [5.74, 6) is 0. The van der Waals surface area contributed by atoms with E-state index >= 15 is 0 Å². The van der Waals surface area contributed by atoms with E-state index in [1.807, 2.05) is 0 Å². The monoisotopic (exact) mass is 268 g/mol. The number of nitrogens with zero attached hydrogens (tertiary/aromatic N) is 1. The lowest BCUT2D eigenvalue weighted by Gasteiger charge is -2.23. The van der Waals surface area contributed by atoms with Crippen LogP contribution in [0.1, 0.15) is 22.3 Å². The van der Waals surface area contributed by atoms with Gasteiger partial charge in [0.15, 0.2) is 0 Å². The average molecular weight is 268 g/mol. The minimum Gasteiger partial charge on any atom is -0.344 e. The third-order valence-electron chi connectivity index (χ3n) is 3.65. The van der Waals surface area contributed by atoms with E-state index in [-0.39, 0.29) is 0 Å². The van der Waals surface area contributed by atoms with Gasteiger partial charge in [0.25, 0.3) is 0 Å². The highest BCUT2D eigenvalue weighted by atomic mass is 15.1. The molecule has 0 saturated heterocycles. The summed E-state index contributed by atoms with van der Waals surface area (Å²) in [6.07, 6.45) is 0.939. The molecule has 0 atom stereocenters. The standard InChI is InChI=1S/C18H24N2/c1-13-9-14(2)11-17(10-13)20(4)18-6-5-16(7-8-19)12-15(18)3/h5-6,9-12H,7-8,19H2,1-4H3. The topological polar surface area (TPSA) is 29.3 Å². The Labute approximate surface area is 122 Å². The van der Waals surface area contributed by atoms with Gasteiger partial charge in [0, 0.05) is 18.4 Å². The van der Waals surface area contributed by atoms with Crippen LogP contribution in [0, 0.1) is 20.8 Å². The second-order valence-corrected chi connectivity index (χ2v) is 5.56. The van der Waals surface area contributed by atoms with Gasteiger partial charge in [-0.05, 0) is 74.2 Å². The first kappa shape index (κ1) is 14.6. The van der Waals surface area contributed by atoms with Crippen molar-refractivity contribution in [3.8, 4) is 0 Å². The Morgan fingerprint density at radius 2 is 1.60 bits per heavy atom. The molecule has 0 saturated carbocycles. The summed E-state index contributed by atoms with van der Waals surface area (Å²) in [7, 11) is 2.12. The van der Waals surface area contributed by atoms with Gasteiger partial charge in [0.05, 0.1) is 0 Å². The first-order valence-corrected chi connectivity index (χ1v) is 7.13. The average Bonchev–Trinajstić information content (AvgIpc) is 2.37. The van der Waals surface area contributed by atoms with Gasteiger partial charge in [-0.25, -0.2) is 0 Å². The molecule has 0 heterocycles. The molecule has 0 aromatic heterocycles. The number of nitrogens with two attached hydrogens (primary N) is 1. The van der Waals surface area contributed by atoms with E-state index in [0.29, 0.717) is 6.54 Å². The highest BCUT2D eigenvalue weighted by Crippen LogP contribution is 2.28. The Bertz CT molecular complexity index is 582. The SMILES string of the molecule is Cc1cc(C)cc(N(C)c2ccc(CCN)cc2C)c1. The molecule has 2 aromatic carbocycles. The van der Waals surface area contributed by atoms with Gasteiger partial charge in [-0.1, -0.05) is 18.2 Å². The molecule has 0 radical (unpaired) electrons. The molecule has 0 unspecified atom stereocenters. The van der Waals surface area contributed by atoms with Crippen LogP contribution >= 0.6 is 0 Å². The zero-order valence-electron chi connectivity index (χ0n) is 12.9. The van der Waals surface area contributed by atoms with Gasteiger partial charge in [0.1, 0.15) is 0 Å². The summed E-state index contributed by atoms with van der Waals surface area (Å²) >= 11 is 0. The minimum atomic E-state index is 0.700. The van der Waals surface area contributed by atoms with Crippen molar-refractivity contribution in [3.63, 3.8) is 0 Å². The van der Waals surface area contributed by atoms with E-state index in [2.05, 4.69) is 69.1 Å². The Morgan fingerprint density at radius 3 is 2.15 bits per heavy atom. The normalized spacial score (nSPS) is 10.7. The van der Waals surface area contributed by atoms with Crippen molar-refractivity contribution >= 4 is 11.4 Å². The van der Waals surface area contributed by atoms with E-state index in [0.717, 1.165) is 6.42 Å². The maximum atomic E-state index is 5.62. The fourth-order valence-corrected chi connectivity index (χ4v) is 2.70. The summed E-state index contributed by atoms with van der Waals surface area (Å²) < 4.78 is 0. The van der Waals surface area contributed by atoms with E-state index in [1.165, 1.54) is 33.6 Å². The number of hydrogen-bond donors (Lipinski definition) is 1. The molecule has 0 fully saturated rings. The van der Waals surface area contributed by atoms with E-state index in [1.54, 1.807) is 0 Å². The molecule has 0 bridgehead atoms. The van der Waals surface area contributed by atoms with Crippen molar-refractivity contribution in [3.05, 3.63) is 58.7 Å². The largest absolute Gasteiger partial charge is 0.344 e. The lowest BCUT2D eigenvalue weighted by atomic mass is 10.1. The second kappa shape index (κ2) is 6.10. The summed E-state index contributed by atoms with van der Waals surface area (Å²) in [4.78, 5) is 2.25. The minimum absolute atomic E-state index is 0.700. The molecule has 2 heteroatoms. The number of benzene rings is 2. The fraction of sp³-hybridized carbons (Fsp3) is 0.333. The lowest BCUT2D eigenvalue weighted by Crippen LogP contribution is -2.12. The van der Waals surface area contributed by atoms with Crippen molar-refractivity contribution < 1.29 is 0 Å². The molecular formula is C18H24N2. The summed E-state index contributed by atoms with van der Waals surface area (Å²) in [5, 5.41) is 0. The van der Waals surface area contributed by atoms with Crippen molar-refractivity contribution in [1.29, 1.82) is 0 Å². The predicted octanol–water partition coefficient (Wildman–Crippen LogP) is 3.88. The molecule has 2 N–H and O–H groups in total. The molecule has 0 spiro atoms. The Hall–Kier alpha value is -1.80. The van der Waals surface area contributed by atoms with Gasteiger partial charge in [0.2, 0.25) is 0 Å². The maximum absolute atomic E-state index is 5.62. The van der Waals surface area contributed by atoms with Gasteiger partial charge < -0.3 is 10.6 Å². The maximum Gasteiger partial charge on any atom is 0.0437 e. The molecule has 106 valence electrons.